The van der Waals surface area contributed by atoms with E-state index >= 15 is 0 Å². The molecule has 3 rings (SSSR count). The minimum absolute atomic E-state index is 0.000293. The average molecular weight is 465 g/mol. The summed E-state index contributed by atoms with van der Waals surface area (Å²) < 4.78 is 22.8. The van der Waals surface area contributed by atoms with Gasteiger partial charge in [-0.3, -0.25) is 10.1 Å². The zero-order valence-electron chi connectivity index (χ0n) is 18.1. The smallest absolute Gasteiger partial charge is 0.319 e. The highest BCUT2D eigenvalue weighted by Crippen LogP contribution is 2.31. The van der Waals surface area contributed by atoms with E-state index in [9.17, 15) is 14.0 Å². The van der Waals surface area contributed by atoms with Crippen molar-refractivity contribution in [3.05, 3.63) is 41.0 Å². The van der Waals surface area contributed by atoms with Gasteiger partial charge in [0, 0.05) is 32.7 Å². The number of nitrogens with one attached hydrogen (secondary N) is 2. The highest BCUT2D eigenvalue weighted by atomic mass is 32.1. The first-order valence-corrected chi connectivity index (χ1v) is 11.3. The molecule has 0 spiro atoms. The monoisotopic (exact) mass is 464 g/mol. The first-order chi connectivity index (χ1) is 15.5. The van der Waals surface area contributed by atoms with Crippen molar-refractivity contribution in [2.45, 2.75) is 19.7 Å². The number of ether oxygens (including phenoxy) is 1. The summed E-state index contributed by atoms with van der Waals surface area (Å²) in [5, 5.41) is 5.62. The number of aromatic nitrogens is 1. The van der Waals surface area contributed by atoms with Crippen LogP contribution in [0.3, 0.4) is 0 Å². The summed E-state index contributed by atoms with van der Waals surface area (Å²) in [6.45, 7) is 5.00. The maximum absolute atomic E-state index is 13.1. The Bertz CT molecular complexity index is 917. The zero-order valence-corrected chi connectivity index (χ0v) is 18.9. The molecule has 1 saturated heterocycles. The minimum atomic E-state index is -0.766. The van der Waals surface area contributed by atoms with E-state index in [2.05, 4.69) is 31.9 Å². The maximum atomic E-state index is 13.1. The molecule has 2 heterocycles. The Morgan fingerprint density at radius 2 is 1.94 bits per heavy atom. The fraction of sp³-hybridized carbons (Fsp3) is 0.476. The molecular weight excluding hydrogens is 435 g/mol. The van der Waals surface area contributed by atoms with Gasteiger partial charge in [-0.1, -0.05) is 24.3 Å². The number of alkyl halides is 1. The minimum Gasteiger partial charge on any atom is -0.472 e. The molecule has 0 aliphatic carbocycles. The number of nitrogens with two attached hydrogens (primary N) is 1. The number of likely N-dealkylation sites (N-methyl/N-ethyl adjacent to an activating group) is 1. The van der Waals surface area contributed by atoms with Gasteiger partial charge < -0.3 is 25.6 Å². The van der Waals surface area contributed by atoms with Crippen LogP contribution in [0.5, 0.6) is 5.88 Å². The van der Waals surface area contributed by atoms with Crippen LogP contribution in [0.2, 0.25) is 0 Å². The van der Waals surface area contributed by atoms with Crippen LogP contribution >= 0.6 is 11.5 Å². The molecule has 32 heavy (non-hydrogen) atoms. The fourth-order valence-electron chi connectivity index (χ4n) is 3.37. The summed E-state index contributed by atoms with van der Waals surface area (Å²) >= 11 is 0.905. The van der Waals surface area contributed by atoms with Crippen LogP contribution < -0.4 is 21.1 Å². The molecule has 11 heteroatoms. The molecule has 1 fully saturated rings. The van der Waals surface area contributed by atoms with Crippen molar-refractivity contribution in [2.24, 2.45) is 5.73 Å². The van der Waals surface area contributed by atoms with Crippen molar-refractivity contribution in [2.75, 3.05) is 51.6 Å². The highest BCUT2D eigenvalue weighted by Gasteiger charge is 2.22. The summed E-state index contributed by atoms with van der Waals surface area (Å²) in [6.07, 6.45) is 0.824. The second-order valence-corrected chi connectivity index (χ2v) is 8.40. The number of anilines is 1. The molecule has 1 aliphatic rings. The van der Waals surface area contributed by atoms with Gasteiger partial charge in [0.05, 0.1) is 0 Å². The molecule has 0 bridgehead atoms. The molecule has 1 aliphatic heterocycles. The van der Waals surface area contributed by atoms with Crippen molar-refractivity contribution in [1.82, 2.24) is 19.5 Å². The molecule has 4 N–H and O–H groups in total. The summed E-state index contributed by atoms with van der Waals surface area (Å²) in [7, 11) is 2.11. The maximum Gasteiger partial charge on any atom is 0.319 e. The average Bonchev–Trinajstić information content (AvgIpc) is 3.19. The number of hydrogen-bond donors (Lipinski definition) is 3. The number of piperazine rings is 1. The molecular formula is C21H29FN6O3S. The summed E-state index contributed by atoms with van der Waals surface area (Å²) in [5.74, 6) is -0.751. The number of rotatable bonds is 10. The standard InChI is InChI=1S/C21H29FN6O3S/c1-27-9-11-28(12-10-27)8-4-7-24-21(30)25-20-17(18(23)29)19(26-32-20)31-14-16-6-3-2-5-15(16)13-22/h2-3,5-6H,4,7-14H2,1H3,(H2,23,29)(H2,24,25,30). The number of hydrogen-bond acceptors (Lipinski definition) is 7. The van der Waals surface area contributed by atoms with Gasteiger partial charge in [0.2, 0.25) is 5.88 Å². The lowest BCUT2D eigenvalue weighted by Crippen LogP contribution is -2.45. The van der Waals surface area contributed by atoms with Crippen LogP contribution in [0, 0.1) is 0 Å². The van der Waals surface area contributed by atoms with Gasteiger partial charge in [0.1, 0.15) is 23.8 Å². The lowest BCUT2D eigenvalue weighted by atomic mass is 10.1. The number of urea groups is 1. The molecule has 2 aromatic rings. The fourth-order valence-corrected chi connectivity index (χ4v) is 4.11. The Kier molecular flexibility index (Phi) is 8.77. The van der Waals surface area contributed by atoms with Gasteiger partial charge >= 0.3 is 6.03 Å². The van der Waals surface area contributed by atoms with Crippen molar-refractivity contribution >= 4 is 28.5 Å². The number of benzene rings is 1. The molecule has 174 valence electrons. The molecule has 0 atom stereocenters. The molecule has 0 saturated carbocycles. The number of nitrogens with zero attached hydrogens (tertiary/aromatic N) is 3. The van der Waals surface area contributed by atoms with E-state index in [0.717, 1.165) is 50.7 Å². The first kappa shape index (κ1) is 23.9. The van der Waals surface area contributed by atoms with E-state index in [0.29, 0.717) is 17.7 Å². The Morgan fingerprint density at radius 3 is 2.62 bits per heavy atom. The van der Waals surface area contributed by atoms with Gasteiger partial charge in [0.15, 0.2) is 0 Å². The van der Waals surface area contributed by atoms with Crippen LogP contribution in [-0.2, 0) is 13.3 Å². The number of halogens is 1. The normalized spacial score (nSPS) is 14.8. The molecule has 9 nitrogen and oxygen atoms in total. The van der Waals surface area contributed by atoms with Gasteiger partial charge in [-0.25, -0.2) is 9.18 Å². The van der Waals surface area contributed by atoms with Crippen LogP contribution in [0.1, 0.15) is 27.9 Å². The Labute approximate surface area is 190 Å². The largest absolute Gasteiger partial charge is 0.472 e. The number of carbonyl (C=O) groups is 2. The van der Waals surface area contributed by atoms with Crippen molar-refractivity contribution in [1.29, 1.82) is 0 Å². The van der Waals surface area contributed by atoms with E-state index in [4.69, 9.17) is 10.5 Å². The van der Waals surface area contributed by atoms with E-state index in [1.54, 1.807) is 24.3 Å². The van der Waals surface area contributed by atoms with Crippen molar-refractivity contribution in [3.63, 3.8) is 0 Å². The summed E-state index contributed by atoms with van der Waals surface area (Å²) in [4.78, 5) is 28.9. The zero-order chi connectivity index (χ0) is 22.9. The van der Waals surface area contributed by atoms with E-state index < -0.39 is 18.6 Å². The molecule has 3 amide bonds. The van der Waals surface area contributed by atoms with Crippen LogP contribution in [0.4, 0.5) is 14.2 Å². The van der Waals surface area contributed by atoms with Gasteiger partial charge in [0.25, 0.3) is 5.91 Å². The molecule has 1 aromatic carbocycles. The second-order valence-electron chi connectivity index (χ2n) is 7.63. The lowest BCUT2D eigenvalue weighted by molar-refractivity contribution is 0.0996. The lowest BCUT2D eigenvalue weighted by Gasteiger charge is -2.32. The molecule has 1 aromatic heterocycles. The Hall–Kier alpha value is -2.76. The molecule has 0 unspecified atom stereocenters. The summed E-state index contributed by atoms with van der Waals surface area (Å²) in [5.41, 5.74) is 6.62. The summed E-state index contributed by atoms with van der Waals surface area (Å²) in [6, 6.07) is 6.47. The predicted molar refractivity (Wildman–Crippen MR) is 122 cm³/mol. The highest BCUT2D eigenvalue weighted by molar-refractivity contribution is 7.11. The third kappa shape index (κ3) is 6.62. The van der Waals surface area contributed by atoms with E-state index in [1.807, 2.05) is 0 Å². The number of primary amides is 1. The Balaban J connectivity index is 1.50. The quantitative estimate of drug-likeness (QED) is 0.464. The third-order valence-electron chi connectivity index (χ3n) is 5.29. The topological polar surface area (TPSA) is 113 Å². The number of amides is 3. The SMILES string of the molecule is CN1CCN(CCCNC(=O)Nc2snc(OCc3ccccc3CF)c2C(N)=O)CC1. The van der Waals surface area contributed by atoms with Gasteiger partial charge in [-0.15, -0.1) is 0 Å². The number of carbonyl (C=O) groups excluding carboxylic acids is 2. The van der Waals surface area contributed by atoms with E-state index in [1.165, 1.54) is 0 Å². The van der Waals surface area contributed by atoms with Crippen molar-refractivity contribution < 1.29 is 18.7 Å². The van der Waals surface area contributed by atoms with Crippen LogP contribution in [-0.4, -0.2) is 72.4 Å². The van der Waals surface area contributed by atoms with Crippen molar-refractivity contribution in [3.8, 4) is 5.88 Å². The predicted octanol–water partition coefficient (Wildman–Crippen LogP) is 2.05. The second kappa shape index (κ2) is 11.7. The van der Waals surface area contributed by atoms with E-state index in [-0.39, 0.29) is 23.1 Å². The van der Waals surface area contributed by atoms with Gasteiger partial charge in [-0.05, 0) is 42.7 Å². The van der Waals surface area contributed by atoms with Gasteiger partial charge in [-0.2, -0.15) is 4.37 Å². The first-order valence-electron chi connectivity index (χ1n) is 10.5. The third-order valence-corrected chi connectivity index (χ3v) is 6.04. The van der Waals surface area contributed by atoms with Crippen LogP contribution in [0.15, 0.2) is 24.3 Å². The molecule has 0 radical (unpaired) electrons. The van der Waals surface area contributed by atoms with Crippen LogP contribution in [0.25, 0.3) is 0 Å². The Morgan fingerprint density at radius 1 is 1.22 bits per heavy atom.